The molecule has 0 radical (unpaired) electrons. The SMILES string of the molecule is C=C/C=C(\C/C=C\CN1CCCC1=O)CN1CCCCC1. The van der Waals surface area contributed by atoms with Gasteiger partial charge in [0.1, 0.15) is 0 Å². The Balaban J connectivity index is 1.75. The van der Waals surface area contributed by atoms with Gasteiger partial charge in [-0.3, -0.25) is 9.69 Å². The Morgan fingerprint density at radius 2 is 1.90 bits per heavy atom. The second-order valence-corrected chi connectivity index (χ2v) is 6.02. The maximum atomic E-state index is 11.5. The molecule has 0 aromatic heterocycles. The van der Waals surface area contributed by atoms with Crippen LogP contribution in [-0.4, -0.2) is 48.4 Å². The van der Waals surface area contributed by atoms with E-state index >= 15 is 0 Å². The molecule has 0 atom stereocenters. The lowest BCUT2D eigenvalue weighted by molar-refractivity contribution is -0.127. The van der Waals surface area contributed by atoms with Gasteiger partial charge in [0.05, 0.1) is 0 Å². The molecule has 0 aromatic carbocycles. The van der Waals surface area contributed by atoms with Crippen molar-refractivity contribution >= 4 is 5.91 Å². The monoisotopic (exact) mass is 288 g/mol. The van der Waals surface area contributed by atoms with E-state index < -0.39 is 0 Å². The molecule has 2 heterocycles. The lowest BCUT2D eigenvalue weighted by Crippen LogP contribution is -2.31. The lowest BCUT2D eigenvalue weighted by Gasteiger charge is -2.27. The van der Waals surface area contributed by atoms with Crippen molar-refractivity contribution in [1.82, 2.24) is 9.80 Å². The fourth-order valence-corrected chi connectivity index (χ4v) is 3.09. The summed E-state index contributed by atoms with van der Waals surface area (Å²) in [4.78, 5) is 16.0. The molecule has 0 bridgehead atoms. The number of allylic oxidation sites excluding steroid dienone is 3. The second-order valence-electron chi connectivity index (χ2n) is 6.02. The summed E-state index contributed by atoms with van der Waals surface area (Å²) in [5, 5.41) is 0. The highest BCUT2D eigenvalue weighted by Crippen LogP contribution is 2.13. The molecule has 2 aliphatic rings. The fourth-order valence-electron chi connectivity index (χ4n) is 3.09. The van der Waals surface area contributed by atoms with E-state index in [9.17, 15) is 4.79 Å². The van der Waals surface area contributed by atoms with Crippen molar-refractivity contribution in [1.29, 1.82) is 0 Å². The van der Waals surface area contributed by atoms with Gasteiger partial charge in [0.2, 0.25) is 5.91 Å². The number of likely N-dealkylation sites (tertiary alicyclic amines) is 2. The zero-order valence-electron chi connectivity index (χ0n) is 13.1. The summed E-state index contributed by atoms with van der Waals surface area (Å²) in [5.41, 5.74) is 1.41. The highest BCUT2D eigenvalue weighted by molar-refractivity contribution is 5.78. The number of amides is 1. The minimum atomic E-state index is 0.301. The number of rotatable bonds is 7. The zero-order valence-corrected chi connectivity index (χ0v) is 13.1. The van der Waals surface area contributed by atoms with Crippen molar-refractivity contribution < 1.29 is 4.79 Å². The van der Waals surface area contributed by atoms with Crippen LogP contribution in [0.4, 0.5) is 0 Å². The van der Waals surface area contributed by atoms with E-state index in [4.69, 9.17) is 0 Å². The zero-order chi connectivity index (χ0) is 14.9. The molecule has 0 unspecified atom stereocenters. The summed E-state index contributed by atoms with van der Waals surface area (Å²) in [7, 11) is 0. The molecule has 0 saturated carbocycles. The van der Waals surface area contributed by atoms with E-state index in [1.807, 2.05) is 11.0 Å². The molecule has 2 fully saturated rings. The Hall–Kier alpha value is -1.35. The first kappa shape index (κ1) is 16.0. The summed E-state index contributed by atoms with van der Waals surface area (Å²) in [6.07, 6.45) is 15.1. The van der Waals surface area contributed by atoms with Gasteiger partial charge in [-0.2, -0.15) is 0 Å². The first-order valence-electron chi connectivity index (χ1n) is 8.25. The predicted molar refractivity (Wildman–Crippen MR) is 88.1 cm³/mol. The number of hydrogen-bond donors (Lipinski definition) is 0. The van der Waals surface area contributed by atoms with Crippen LogP contribution in [0, 0.1) is 0 Å². The molecule has 3 heteroatoms. The number of carbonyl (C=O) groups excluding carboxylic acids is 1. The standard InChI is InChI=1S/C18H28N2O/c1-2-9-17(16-19-12-5-3-6-13-19)10-4-7-14-20-15-8-11-18(20)21/h2,4,7,9H,1,3,5-6,8,10-16H2/b7-4-,17-9+. The van der Waals surface area contributed by atoms with E-state index in [0.29, 0.717) is 5.91 Å². The minimum absolute atomic E-state index is 0.301. The largest absolute Gasteiger partial charge is 0.339 e. The van der Waals surface area contributed by atoms with Crippen LogP contribution in [0.1, 0.15) is 38.5 Å². The molecule has 116 valence electrons. The van der Waals surface area contributed by atoms with Gasteiger partial charge in [0.25, 0.3) is 0 Å². The number of nitrogens with zero attached hydrogens (tertiary/aromatic N) is 2. The van der Waals surface area contributed by atoms with E-state index in [1.165, 1.54) is 37.9 Å². The normalized spacial score (nSPS) is 21.4. The Morgan fingerprint density at radius 3 is 2.57 bits per heavy atom. The quantitative estimate of drug-likeness (QED) is 0.531. The Kier molecular flexibility index (Phi) is 6.74. The molecule has 0 spiro atoms. The van der Waals surface area contributed by atoms with Gasteiger partial charge in [-0.15, -0.1) is 0 Å². The van der Waals surface area contributed by atoms with E-state index in [1.54, 1.807) is 0 Å². The van der Waals surface area contributed by atoms with Gasteiger partial charge in [0.15, 0.2) is 0 Å². The fraction of sp³-hybridized carbons (Fsp3) is 0.611. The van der Waals surface area contributed by atoms with Crippen LogP contribution in [0.5, 0.6) is 0 Å². The van der Waals surface area contributed by atoms with E-state index in [-0.39, 0.29) is 0 Å². The van der Waals surface area contributed by atoms with Gasteiger partial charge in [0, 0.05) is 26.1 Å². The third-order valence-electron chi connectivity index (χ3n) is 4.27. The molecule has 21 heavy (non-hydrogen) atoms. The topological polar surface area (TPSA) is 23.6 Å². The molecule has 0 N–H and O–H groups in total. The summed E-state index contributed by atoms with van der Waals surface area (Å²) in [6, 6.07) is 0. The summed E-state index contributed by atoms with van der Waals surface area (Å²) in [5.74, 6) is 0.301. The highest BCUT2D eigenvalue weighted by Gasteiger charge is 2.18. The van der Waals surface area contributed by atoms with Crippen LogP contribution in [0.3, 0.4) is 0 Å². The van der Waals surface area contributed by atoms with Crippen LogP contribution in [0.2, 0.25) is 0 Å². The van der Waals surface area contributed by atoms with Crippen LogP contribution in [0.25, 0.3) is 0 Å². The van der Waals surface area contributed by atoms with Gasteiger partial charge >= 0.3 is 0 Å². The van der Waals surface area contributed by atoms with Gasteiger partial charge in [-0.05, 0) is 38.8 Å². The summed E-state index contributed by atoms with van der Waals surface area (Å²) < 4.78 is 0. The van der Waals surface area contributed by atoms with Gasteiger partial charge < -0.3 is 4.90 Å². The second kappa shape index (κ2) is 8.83. The Bertz CT molecular complexity index is 405. The van der Waals surface area contributed by atoms with Crippen LogP contribution >= 0.6 is 0 Å². The molecule has 2 rings (SSSR count). The van der Waals surface area contributed by atoms with Crippen molar-refractivity contribution in [3.05, 3.63) is 36.5 Å². The maximum absolute atomic E-state index is 11.5. The number of hydrogen-bond acceptors (Lipinski definition) is 2. The van der Waals surface area contributed by atoms with Gasteiger partial charge in [-0.1, -0.05) is 42.9 Å². The Labute approximate surface area is 129 Å². The molecule has 3 nitrogen and oxygen atoms in total. The maximum Gasteiger partial charge on any atom is 0.222 e. The van der Waals surface area contributed by atoms with Crippen molar-refractivity contribution in [3.8, 4) is 0 Å². The molecular formula is C18H28N2O. The van der Waals surface area contributed by atoms with E-state index in [0.717, 1.165) is 38.9 Å². The molecule has 0 aliphatic carbocycles. The first-order valence-corrected chi connectivity index (χ1v) is 8.25. The minimum Gasteiger partial charge on any atom is -0.339 e. The van der Waals surface area contributed by atoms with Crippen molar-refractivity contribution in [2.75, 3.05) is 32.7 Å². The van der Waals surface area contributed by atoms with Crippen molar-refractivity contribution in [3.63, 3.8) is 0 Å². The van der Waals surface area contributed by atoms with E-state index in [2.05, 4.69) is 29.7 Å². The average molecular weight is 288 g/mol. The highest BCUT2D eigenvalue weighted by atomic mass is 16.2. The molecule has 1 amide bonds. The smallest absolute Gasteiger partial charge is 0.222 e. The Morgan fingerprint density at radius 1 is 1.10 bits per heavy atom. The third kappa shape index (κ3) is 5.50. The lowest BCUT2D eigenvalue weighted by atomic mass is 10.1. The molecule has 0 aromatic rings. The molecule has 2 saturated heterocycles. The third-order valence-corrected chi connectivity index (χ3v) is 4.27. The van der Waals surface area contributed by atoms with Crippen molar-refractivity contribution in [2.24, 2.45) is 0 Å². The van der Waals surface area contributed by atoms with Crippen LogP contribution in [0.15, 0.2) is 36.5 Å². The number of piperidine rings is 1. The first-order chi connectivity index (χ1) is 10.3. The van der Waals surface area contributed by atoms with Crippen molar-refractivity contribution in [2.45, 2.75) is 38.5 Å². The summed E-state index contributed by atoms with van der Waals surface area (Å²) >= 11 is 0. The predicted octanol–water partition coefficient (Wildman–Crippen LogP) is 3.15. The van der Waals surface area contributed by atoms with Crippen LogP contribution in [-0.2, 0) is 4.79 Å². The molecular weight excluding hydrogens is 260 g/mol. The summed E-state index contributed by atoms with van der Waals surface area (Å²) in [6.45, 7) is 9.01. The average Bonchev–Trinajstić information content (AvgIpc) is 2.90. The van der Waals surface area contributed by atoms with Gasteiger partial charge in [-0.25, -0.2) is 0 Å². The molecule has 2 aliphatic heterocycles. The number of carbonyl (C=O) groups is 1. The van der Waals surface area contributed by atoms with Crippen LogP contribution < -0.4 is 0 Å².